The molecule has 3 nitrogen and oxygen atoms in total. The van der Waals surface area contributed by atoms with Crippen LogP contribution in [0.15, 0.2) is 11.1 Å². The van der Waals surface area contributed by atoms with Crippen LogP contribution in [0.4, 0.5) is 0 Å². The molecule has 106 valence electrons. The number of Topliss-reactive ketones (excluding diaryl/α,β-unsaturated/α-hetero) is 1. The van der Waals surface area contributed by atoms with E-state index in [4.69, 9.17) is 9.47 Å². The van der Waals surface area contributed by atoms with Crippen molar-refractivity contribution in [3.05, 3.63) is 11.1 Å². The molecular weight excluding hydrogens is 240 g/mol. The SMILES string of the molecule is COCOCC1=C(C)C[C@@H]2C[C@H]3CCC(=O)[C@@]3(C)[C@H]12. The molecule has 0 heterocycles. The summed E-state index contributed by atoms with van der Waals surface area (Å²) in [5, 5.41) is 0. The largest absolute Gasteiger partial charge is 0.359 e. The van der Waals surface area contributed by atoms with Crippen LogP contribution < -0.4 is 0 Å². The van der Waals surface area contributed by atoms with Gasteiger partial charge in [0.15, 0.2) is 0 Å². The highest BCUT2D eigenvalue weighted by Gasteiger charge is 2.61. The first-order valence-corrected chi connectivity index (χ1v) is 7.37. The van der Waals surface area contributed by atoms with Gasteiger partial charge >= 0.3 is 0 Å². The first kappa shape index (κ1) is 13.3. The van der Waals surface area contributed by atoms with Gasteiger partial charge in [0.25, 0.3) is 0 Å². The maximum absolute atomic E-state index is 12.4. The molecule has 0 spiro atoms. The monoisotopic (exact) mass is 264 g/mol. The van der Waals surface area contributed by atoms with Crippen molar-refractivity contribution in [2.75, 3.05) is 20.5 Å². The van der Waals surface area contributed by atoms with E-state index in [1.807, 2.05) is 0 Å². The average Bonchev–Trinajstić information content (AvgIpc) is 2.92. The molecule has 0 unspecified atom stereocenters. The van der Waals surface area contributed by atoms with Crippen LogP contribution >= 0.6 is 0 Å². The van der Waals surface area contributed by atoms with Crippen molar-refractivity contribution in [2.45, 2.75) is 39.5 Å². The van der Waals surface area contributed by atoms with Crippen molar-refractivity contribution in [3.63, 3.8) is 0 Å². The molecule has 3 aliphatic rings. The summed E-state index contributed by atoms with van der Waals surface area (Å²) in [5.41, 5.74) is 2.74. The Hall–Kier alpha value is -0.670. The summed E-state index contributed by atoms with van der Waals surface area (Å²) in [6.07, 6.45) is 4.29. The second kappa shape index (κ2) is 4.71. The fourth-order valence-corrected chi connectivity index (χ4v) is 4.97. The number of hydrogen-bond donors (Lipinski definition) is 0. The highest BCUT2D eigenvalue weighted by atomic mass is 16.7. The molecule has 2 fully saturated rings. The van der Waals surface area contributed by atoms with E-state index >= 15 is 0 Å². The molecule has 0 saturated heterocycles. The summed E-state index contributed by atoms with van der Waals surface area (Å²) in [4.78, 5) is 12.4. The minimum Gasteiger partial charge on any atom is -0.359 e. The maximum Gasteiger partial charge on any atom is 0.146 e. The lowest BCUT2D eigenvalue weighted by atomic mass is 9.71. The van der Waals surface area contributed by atoms with E-state index < -0.39 is 0 Å². The van der Waals surface area contributed by atoms with Gasteiger partial charge in [-0.1, -0.05) is 12.5 Å². The summed E-state index contributed by atoms with van der Waals surface area (Å²) in [6.45, 7) is 5.40. The Labute approximate surface area is 115 Å². The number of carbonyl (C=O) groups excluding carboxylic acids is 1. The molecule has 3 rings (SSSR count). The van der Waals surface area contributed by atoms with Gasteiger partial charge < -0.3 is 9.47 Å². The molecule has 4 atom stereocenters. The zero-order valence-electron chi connectivity index (χ0n) is 12.2. The third-order valence-corrected chi connectivity index (χ3v) is 5.82. The smallest absolute Gasteiger partial charge is 0.146 e. The Morgan fingerprint density at radius 1 is 1.42 bits per heavy atom. The van der Waals surface area contributed by atoms with E-state index in [0.717, 1.165) is 19.3 Å². The summed E-state index contributed by atoms with van der Waals surface area (Å²) in [6, 6.07) is 0. The maximum atomic E-state index is 12.4. The first-order valence-electron chi connectivity index (χ1n) is 7.37. The van der Waals surface area contributed by atoms with E-state index in [0.29, 0.717) is 36.9 Å². The van der Waals surface area contributed by atoms with Gasteiger partial charge in [-0.2, -0.15) is 0 Å². The van der Waals surface area contributed by atoms with Gasteiger partial charge in [0.1, 0.15) is 12.6 Å². The minimum atomic E-state index is -0.103. The predicted molar refractivity (Wildman–Crippen MR) is 72.6 cm³/mol. The van der Waals surface area contributed by atoms with Crippen LogP contribution in [-0.4, -0.2) is 26.3 Å². The van der Waals surface area contributed by atoms with Gasteiger partial charge in [0, 0.05) is 18.9 Å². The Bertz CT molecular complexity index is 426. The van der Waals surface area contributed by atoms with Crippen molar-refractivity contribution in [1.29, 1.82) is 0 Å². The summed E-state index contributed by atoms with van der Waals surface area (Å²) >= 11 is 0. The molecule has 0 aliphatic heterocycles. The summed E-state index contributed by atoms with van der Waals surface area (Å²) < 4.78 is 10.6. The third kappa shape index (κ3) is 1.82. The molecule has 0 aromatic rings. The molecule has 0 bridgehead atoms. The molecule has 2 saturated carbocycles. The van der Waals surface area contributed by atoms with E-state index in [9.17, 15) is 4.79 Å². The number of fused-ring (bicyclic) bond motifs is 3. The predicted octanol–water partition coefficient (Wildman–Crippen LogP) is 2.95. The summed E-state index contributed by atoms with van der Waals surface area (Å²) in [7, 11) is 1.64. The molecule has 3 heteroatoms. The first-order chi connectivity index (χ1) is 9.09. The molecule has 0 radical (unpaired) electrons. The van der Waals surface area contributed by atoms with Crippen molar-refractivity contribution < 1.29 is 14.3 Å². The molecular formula is C16H24O3. The highest BCUT2D eigenvalue weighted by molar-refractivity contribution is 5.88. The molecule has 0 aromatic heterocycles. The number of methoxy groups -OCH3 is 1. The average molecular weight is 264 g/mol. The third-order valence-electron chi connectivity index (χ3n) is 5.82. The van der Waals surface area contributed by atoms with Crippen LogP contribution in [0.5, 0.6) is 0 Å². The fourth-order valence-electron chi connectivity index (χ4n) is 4.97. The van der Waals surface area contributed by atoms with Crippen LogP contribution in [0.1, 0.15) is 39.5 Å². The minimum absolute atomic E-state index is 0.103. The Morgan fingerprint density at radius 2 is 2.21 bits per heavy atom. The molecule has 0 N–H and O–H groups in total. The van der Waals surface area contributed by atoms with Crippen LogP contribution in [0.2, 0.25) is 0 Å². The second-order valence-corrected chi connectivity index (χ2v) is 6.68. The van der Waals surface area contributed by atoms with Crippen molar-refractivity contribution in [2.24, 2.45) is 23.2 Å². The van der Waals surface area contributed by atoms with Gasteiger partial charge in [-0.05, 0) is 49.5 Å². The van der Waals surface area contributed by atoms with Crippen LogP contribution in [-0.2, 0) is 14.3 Å². The Morgan fingerprint density at radius 3 is 2.95 bits per heavy atom. The zero-order valence-corrected chi connectivity index (χ0v) is 12.2. The fraction of sp³-hybridized carbons (Fsp3) is 0.812. The van der Waals surface area contributed by atoms with Gasteiger partial charge in [0.05, 0.1) is 6.61 Å². The Balaban J connectivity index is 1.84. The van der Waals surface area contributed by atoms with Crippen LogP contribution in [0, 0.1) is 23.2 Å². The number of rotatable bonds is 4. The van der Waals surface area contributed by atoms with Crippen LogP contribution in [0.25, 0.3) is 0 Å². The second-order valence-electron chi connectivity index (χ2n) is 6.68. The quantitative estimate of drug-likeness (QED) is 0.445. The lowest BCUT2D eigenvalue weighted by molar-refractivity contribution is -0.127. The van der Waals surface area contributed by atoms with Crippen molar-refractivity contribution in [1.82, 2.24) is 0 Å². The Kier molecular flexibility index (Phi) is 3.30. The number of ketones is 1. The number of hydrogen-bond acceptors (Lipinski definition) is 3. The van der Waals surface area contributed by atoms with Crippen molar-refractivity contribution >= 4 is 5.78 Å². The number of ether oxygens (including phenoxy) is 2. The molecule has 0 amide bonds. The molecule has 3 aliphatic carbocycles. The topological polar surface area (TPSA) is 35.5 Å². The number of carbonyl (C=O) groups is 1. The van der Waals surface area contributed by atoms with Crippen LogP contribution in [0.3, 0.4) is 0 Å². The summed E-state index contributed by atoms with van der Waals surface area (Å²) in [5.74, 6) is 2.22. The standard InChI is InChI=1S/C16H24O3/c1-10-6-11-7-12-4-5-14(17)16(12,2)15(11)13(10)8-19-9-18-3/h11-12,15H,4-9H2,1-3H3/t11-,12-,15+,16+/m1/s1. The number of allylic oxidation sites excluding steroid dienone is 1. The molecule has 19 heavy (non-hydrogen) atoms. The van der Waals surface area contributed by atoms with Crippen molar-refractivity contribution in [3.8, 4) is 0 Å². The van der Waals surface area contributed by atoms with Gasteiger partial charge in [-0.15, -0.1) is 0 Å². The van der Waals surface area contributed by atoms with E-state index in [2.05, 4.69) is 13.8 Å². The van der Waals surface area contributed by atoms with E-state index in [1.54, 1.807) is 7.11 Å². The molecule has 0 aromatic carbocycles. The normalized spacial score (nSPS) is 41.0. The van der Waals surface area contributed by atoms with Gasteiger partial charge in [-0.25, -0.2) is 0 Å². The lowest BCUT2D eigenvalue weighted by Crippen LogP contribution is -2.34. The highest BCUT2D eigenvalue weighted by Crippen LogP contribution is 2.63. The van der Waals surface area contributed by atoms with Gasteiger partial charge in [0.2, 0.25) is 0 Å². The van der Waals surface area contributed by atoms with E-state index in [-0.39, 0.29) is 5.41 Å². The van der Waals surface area contributed by atoms with E-state index in [1.165, 1.54) is 17.6 Å². The lowest BCUT2D eigenvalue weighted by Gasteiger charge is -2.31. The van der Waals surface area contributed by atoms with Gasteiger partial charge in [-0.3, -0.25) is 4.79 Å². The zero-order chi connectivity index (χ0) is 13.6.